The first-order valence-electron chi connectivity index (χ1n) is 5.73. The average Bonchev–Trinajstić information content (AvgIpc) is 2.68. The van der Waals surface area contributed by atoms with Crippen molar-refractivity contribution in [3.8, 4) is 0 Å². The summed E-state index contributed by atoms with van der Waals surface area (Å²) in [6.45, 7) is 5.26. The Morgan fingerprint density at radius 2 is 2.00 bits per heavy atom. The fraction of sp³-hybridized carbons (Fsp3) is 0.308. The van der Waals surface area contributed by atoms with Gasteiger partial charge in [0.05, 0.1) is 11.1 Å². The van der Waals surface area contributed by atoms with Gasteiger partial charge in [0, 0.05) is 5.39 Å². The molecule has 0 atom stereocenters. The number of nitrogens with zero attached hydrogens (tertiary/aromatic N) is 1. The van der Waals surface area contributed by atoms with E-state index in [9.17, 15) is 9.59 Å². The number of aromatic carboxylic acids is 1. The van der Waals surface area contributed by atoms with Gasteiger partial charge in [-0.3, -0.25) is 5.10 Å². The number of carboxylic acid groups (broad SMARTS) is 1. The summed E-state index contributed by atoms with van der Waals surface area (Å²) >= 11 is 0. The smallest absolute Gasteiger partial charge is 0.360 e. The van der Waals surface area contributed by atoms with Crippen LogP contribution in [0.25, 0.3) is 10.9 Å². The standard InChI is InChI=1S/C13H14N2O4/c1-13(2,3)19-12(18)10-8-6-7(11(16)17)4-5-9(8)14-15-10/h4-6H,1-3H3,(H,14,15)(H,16,17). The second kappa shape index (κ2) is 4.38. The summed E-state index contributed by atoms with van der Waals surface area (Å²) < 4.78 is 5.22. The summed E-state index contributed by atoms with van der Waals surface area (Å²) in [4.78, 5) is 22.9. The van der Waals surface area contributed by atoms with Crippen LogP contribution in [0.5, 0.6) is 0 Å². The topological polar surface area (TPSA) is 92.3 Å². The molecule has 100 valence electrons. The molecule has 0 fully saturated rings. The van der Waals surface area contributed by atoms with Crippen LogP contribution in [0.3, 0.4) is 0 Å². The van der Waals surface area contributed by atoms with E-state index in [-0.39, 0.29) is 11.3 Å². The van der Waals surface area contributed by atoms with E-state index in [4.69, 9.17) is 9.84 Å². The van der Waals surface area contributed by atoms with Gasteiger partial charge >= 0.3 is 11.9 Å². The number of esters is 1. The molecule has 0 saturated heterocycles. The molecule has 0 amide bonds. The zero-order chi connectivity index (χ0) is 14.2. The van der Waals surface area contributed by atoms with Crippen LogP contribution >= 0.6 is 0 Å². The highest BCUT2D eigenvalue weighted by Gasteiger charge is 2.22. The van der Waals surface area contributed by atoms with Crippen molar-refractivity contribution in [2.75, 3.05) is 0 Å². The van der Waals surface area contributed by atoms with Crippen LogP contribution in [-0.4, -0.2) is 32.8 Å². The van der Waals surface area contributed by atoms with Crippen LogP contribution < -0.4 is 0 Å². The molecule has 0 radical (unpaired) electrons. The molecule has 0 bridgehead atoms. The maximum atomic E-state index is 12.0. The van der Waals surface area contributed by atoms with Crippen molar-refractivity contribution in [2.45, 2.75) is 26.4 Å². The maximum Gasteiger partial charge on any atom is 0.360 e. The van der Waals surface area contributed by atoms with Gasteiger partial charge in [0.1, 0.15) is 5.60 Å². The fourth-order valence-corrected chi connectivity index (χ4v) is 1.63. The van der Waals surface area contributed by atoms with Gasteiger partial charge in [0.25, 0.3) is 0 Å². The lowest BCUT2D eigenvalue weighted by atomic mass is 10.1. The number of fused-ring (bicyclic) bond motifs is 1. The number of benzene rings is 1. The molecule has 1 heterocycles. The summed E-state index contributed by atoms with van der Waals surface area (Å²) in [7, 11) is 0. The molecule has 1 aromatic carbocycles. The molecule has 19 heavy (non-hydrogen) atoms. The molecule has 0 aliphatic heterocycles. The molecular weight excluding hydrogens is 248 g/mol. The third kappa shape index (κ3) is 2.73. The molecule has 2 N–H and O–H groups in total. The second-order valence-electron chi connectivity index (χ2n) is 5.14. The number of H-pyrrole nitrogens is 1. The summed E-state index contributed by atoms with van der Waals surface area (Å²) in [6, 6.07) is 4.42. The lowest BCUT2D eigenvalue weighted by Gasteiger charge is -2.18. The molecule has 2 aromatic rings. The predicted molar refractivity (Wildman–Crippen MR) is 68.2 cm³/mol. The molecule has 6 heteroatoms. The Kier molecular flexibility index (Phi) is 3.01. The number of carbonyl (C=O) groups excluding carboxylic acids is 1. The van der Waals surface area contributed by atoms with E-state index >= 15 is 0 Å². The van der Waals surface area contributed by atoms with Gasteiger partial charge in [-0.05, 0) is 39.0 Å². The number of aromatic nitrogens is 2. The van der Waals surface area contributed by atoms with E-state index in [0.29, 0.717) is 10.9 Å². The number of hydrogen-bond acceptors (Lipinski definition) is 4. The number of carboxylic acids is 1. The van der Waals surface area contributed by atoms with Crippen LogP contribution in [0, 0.1) is 0 Å². The quantitative estimate of drug-likeness (QED) is 0.809. The van der Waals surface area contributed by atoms with E-state index < -0.39 is 17.5 Å². The minimum Gasteiger partial charge on any atom is -0.478 e. The summed E-state index contributed by atoms with van der Waals surface area (Å²) in [5.74, 6) is -1.64. The SMILES string of the molecule is CC(C)(C)OC(=O)c1n[nH]c2ccc(C(=O)O)cc12. The van der Waals surface area contributed by atoms with Crippen LogP contribution in [0.2, 0.25) is 0 Å². The first-order chi connectivity index (χ1) is 8.78. The van der Waals surface area contributed by atoms with E-state index in [2.05, 4.69) is 10.2 Å². The van der Waals surface area contributed by atoms with Crippen molar-refractivity contribution in [3.05, 3.63) is 29.5 Å². The van der Waals surface area contributed by atoms with Crippen molar-refractivity contribution in [1.82, 2.24) is 10.2 Å². The Morgan fingerprint density at radius 3 is 2.58 bits per heavy atom. The van der Waals surface area contributed by atoms with Gasteiger partial charge in [-0.1, -0.05) is 0 Å². The Balaban J connectivity index is 2.46. The van der Waals surface area contributed by atoms with Crippen molar-refractivity contribution < 1.29 is 19.4 Å². The molecular formula is C13H14N2O4. The lowest BCUT2D eigenvalue weighted by Crippen LogP contribution is -2.24. The predicted octanol–water partition coefficient (Wildman–Crippen LogP) is 2.22. The zero-order valence-corrected chi connectivity index (χ0v) is 10.9. The minimum atomic E-state index is -1.06. The second-order valence-corrected chi connectivity index (χ2v) is 5.14. The summed E-state index contributed by atoms with van der Waals surface area (Å²) in [5.41, 5.74) is 0.143. The molecule has 0 aliphatic rings. The lowest BCUT2D eigenvalue weighted by molar-refractivity contribution is 0.00648. The van der Waals surface area contributed by atoms with Crippen LogP contribution in [0.1, 0.15) is 41.6 Å². The molecule has 0 spiro atoms. The first kappa shape index (κ1) is 13.1. The Morgan fingerprint density at radius 1 is 1.32 bits per heavy atom. The molecule has 2 rings (SSSR count). The van der Waals surface area contributed by atoms with Gasteiger partial charge in [-0.15, -0.1) is 0 Å². The first-order valence-corrected chi connectivity index (χ1v) is 5.73. The third-order valence-corrected chi connectivity index (χ3v) is 2.40. The summed E-state index contributed by atoms with van der Waals surface area (Å²) in [6.07, 6.45) is 0. The number of nitrogens with one attached hydrogen (secondary N) is 1. The molecule has 0 saturated carbocycles. The Labute approximate surface area is 109 Å². The van der Waals surface area contributed by atoms with Gasteiger partial charge in [0.2, 0.25) is 0 Å². The van der Waals surface area contributed by atoms with Crippen molar-refractivity contribution in [3.63, 3.8) is 0 Å². The highest BCUT2D eigenvalue weighted by atomic mass is 16.6. The number of rotatable bonds is 2. The molecule has 1 aromatic heterocycles. The highest BCUT2D eigenvalue weighted by Crippen LogP contribution is 2.20. The van der Waals surface area contributed by atoms with E-state index in [0.717, 1.165) is 0 Å². The zero-order valence-electron chi connectivity index (χ0n) is 10.9. The number of hydrogen-bond donors (Lipinski definition) is 2. The molecule has 6 nitrogen and oxygen atoms in total. The van der Waals surface area contributed by atoms with Crippen molar-refractivity contribution in [2.24, 2.45) is 0 Å². The third-order valence-electron chi connectivity index (χ3n) is 2.40. The van der Waals surface area contributed by atoms with E-state index in [1.165, 1.54) is 12.1 Å². The van der Waals surface area contributed by atoms with Crippen LogP contribution in [0.4, 0.5) is 0 Å². The summed E-state index contributed by atoms with van der Waals surface area (Å²) in [5, 5.41) is 16.0. The van der Waals surface area contributed by atoms with E-state index in [1.54, 1.807) is 26.8 Å². The van der Waals surface area contributed by atoms with Gasteiger partial charge in [-0.2, -0.15) is 5.10 Å². The highest BCUT2D eigenvalue weighted by molar-refractivity contribution is 6.04. The Hall–Kier alpha value is -2.37. The number of carbonyl (C=O) groups is 2. The van der Waals surface area contributed by atoms with E-state index in [1.807, 2.05) is 0 Å². The monoisotopic (exact) mass is 262 g/mol. The molecule has 0 aliphatic carbocycles. The van der Waals surface area contributed by atoms with Crippen LogP contribution in [-0.2, 0) is 4.74 Å². The maximum absolute atomic E-state index is 12.0. The van der Waals surface area contributed by atoms with Gasteiger partial charge in [-0.25, -0.2) is 9.59 Å². The number of ether oxygens (including phenoxy) is 1. The van der Waals surface area contributed by atoms with Gasteiger partial charge < -0.3 is 9.84 Å². The minimum absolute atomic E-state index is 0.0908. The average molecular weight is 262 g/mol. The fourth-order valence-electron chi connectivity index (χ4n) is 1.63. The number of aromatic amines is 1. The normalized spacial score (nSPS) is 11.5. The van der Waals surface area contributed by atoms with Gasteiger partial charge in [0.15, 0.2) is 5.69 Å². The van der Waals surface area contributed by atoms with Crippen LogP contribution in [0.15, 0.2) is 18.2 Å². The van der Waals surface area contributed by atoms with Crippen molar-refractivity contribution >= 4 is 22.8 Å². The molecule has 0 unspecified atom stereocenters. The van der Waals surface area contributed by atoms with Crippen molar-refractivity contribution in [1.29, 1.82) is 0 Å². The largest absolute Gasteiger partial charge is 0.478 e. The Bertz CT molecular complexity index is 652.